The molecule has 0 aliphatic carbocycles. The summed E-state index contributed by atoms with van der Waals surface area (Å²) in [6.07, 6.45) is 1.43. The van der Waals surface area contributed by atoms with Crippen molar-refractivity contribution in [3.05, 3.63) is 32.2 Å². The second kappa shape index (κ2) is 6.04. The van der Waals surface area contributed by atoms with Crippen molar-refractivity contribution in [3.8, 4) is 0 Å². The summed E-state index contributed by atoms with van der Waals surface area (Å²) in [4.78, 5) is 0. The highest BCUT2D eigenvalue weighted by Gasteiger charge is 2.33. The first-order chi connectivity index (χ1) is 8.54. The smallest absolute Gasteiger partial charge is 0.0594 e. The average Bonchev–Trinajstić information content (AvgIpc) is 2.73. The number of hydrogen-bond acceptors (Lipinski definition) is 2. The Hall–Kier alpha value is 0.1000. The summed E-state index contributed by atoms with van der Waals surface area (Å²) in [6, 6.07) is 4.71. The molecule has 1 heterocycles. The van der Waals surface area contributed by atoms with Crippen molar-refractivity contribution >= 4 is 31.9 Å². The van der Waals surface area contributed by atoms with E-state index in [4.69, 9.17) is 4.74 Å². The van der Waals surface area contributed by atoms with E-state index in [1.165, 1.54) is 15.6 Å². The molecule has 1 aromatic carbocycles. The highest BCUT2D eigenvalue weighted by Crippen LogP contribution is 2.38. The van der Waals surface area contributed by atoms with Crippen molar-refractivity contribution in [2.45, 2.75) is 32.4 Å². The topological polar surface area (TPSA) is 21.3 Å². The van der Waals surface area contributed by atoms with E-state index in [2.05, 4.69) is 63.2 Å². The van der Waals surface area contributed by atoms with Gasteiger partial charge in [-0.2, -0.15) is 0 Å². The molecule has 3 unspecified atom stereocenters. The summed E-state index contributed by atoms with van der Waals surface area (Å²) >= 11 is 7.31. The molecule has 18 heavy (non-hydrogen) atoms. The fourth-order valence-electron chi connectivity index (χ4n) is 2.69. The van der Waals surface area contributed by atoms with Crippen molar-refractivity contribution < 1.29 is 4.74 Å². The van der Waals surface area contributed by atoms with Crippen molar-refractivity contribution in [2.24, 2.45) is 5.92 Å². The monoisotopic (exact) mass is 375 g/mol. The molecule has 0 aromatic heterocycles. The van der Waals surface area contributed by atoms with E-state index in [0.29, 0.717) is 18.1 Å². The summed E-state index contributed by atoms with van der Waals surface area (Å²) in [5.41, 5.74) is 2.55. The highest BCUT2D eigenvalue weighted by atomic mass is 79.9. The Kier molecular flexibility index (Phi) is 4.86. The SMILES string of the molecule is CNC(c1cc(Br)c(C)cc1Br)C1CCOC1C. The summed E-state index contributed by atoms with van der Waals surface area (Å²) in [6.45, 7) is 5.14. The fourth-order valence-corrected chi connectivity index (χ4v) is 3.75. The van der Waals surface area contributed by atoms with E-state index in [-0.39, 0.29) is 0 Å². The maximum Gasteiger partial charge on any atom is 0.0594 e. The number of nitrogens with one attached hydrogen (secondary N) is 1. The quantitative estimate of drug-likeness (QED) is 0.853. The molecule has 0 radical (unpaired) electrons. The minimum Gasteiger partial charge on any atom is -0.378 e. The Morgan fingerprint density at radius 3 is 2.61 bits per heavy atom. The molecular weight excluding hydrogens is 358 g/mol. The Balaban J connectivity index is 2.35. The van der Waals surface area contributed by atoms with Crippen molar-refractivity contribution in [1.82, 2.24) is 5.32 Å². The molecule has 3 atom stereocenters. The summed E-state index contributed by atoms with van der Waals surface area (Å²) < 4.78 is 8.02. The number of rotatable bonds is 3. The predicted octanol–water partition coefficient (Wildman–Crippen LogP) is 4.21. The van der Waals surface area contributed by atoms with Gasteiger partial charge >= 0.3 is 0 Å². The standard InChI is InChI=1S/C14H19Br2NO/c1-8-6-13(16)11(7-12(8)15)14(17-3)10-4-5-18-9(10)2/h6-7,9-10,14,17H,4-5H2,1-3H3. The highest BCUT2D eigenvalue weighted by molar-refractivity contribution is 9.11. The summed E-state index contributed by atoms with van der Waals surface area (Å²) in [5.74, 6) is 0.529. The molecule has 1 aliphatic rings. The molecule has 1 aliphatic heterocycles. The van der Waals surface area contributed by atoms with E-state index < -0.39 is 0 Å². The molecule has 100 valence electrons. The van der Waals surface area contributed by atoms with Gasteiger partial charge in [0.25, 0.3) is 0 Å². The first-order valence-electron chi connectivity index (χ1n) is 6.29. The first-order valence-corrected chi connectivity index (χ1v) is 7.87. The van der Waals surface area contributed by atoms with E-state index in [0.717, 1.165) is 17.5 Å². The van der Waals surface area contributed by atoms with Gasteiger partial charge in [-0.15, -0.1) is 0 Å². The van der Waals surface area contributed by atoms with Gasteiger partial charge in [0.15, 0.2) is 0 Å². The van der Waals surface area contributed by atoms with Crippen LogP contribution in [0.25, 0.3) is 0 Å². The normalized spacial score (nSPS) is 25.4. The van der Waals surface area contributed by atoms with Gasteiger partial charge in [-0.05, 0) is 50.6 Å². The van der Waals surface area contributed by atoms with Gasteiger partial charge in [-0.25, -0.2) is 0 Å². The van der Waals surface area contributed by atoms with Crippen LogP contribution < -0.4 is 5.32 Å². The van der Waals surface area contributed by atoms with Gasteiger partial charge < -0.3 is 10.1 Å². The molecule has 2 nitrogen and oxygen atoms in total. The molecule has 4 heteroatoms. The van der Waals surface area contributed by atoms with Gasteiger partial charge in [-0.1, -0.05) is 31.9 Å². The zero-order valence-electron chi connectivity index (χ0n) is 11.0. The Bertz CT molecular complexity index is 436. The van der Waals surface area contributed by atoms with Gasteiger partial charge in [0.2, 0.25) is 0 Å². The van der Waals surface area contributed by atoms with Gasteiger partial charge in [0.05, 0.1) is 6.10 Å². The van der Waals surface area contributed by atoms with Crippen LogP contribution in [0.5, 0.6) is 0 Å². The van der Waals surface area contributed by atoms with Crippen molar-refractivity contribution in [2.75, 3.05) is 13.7 Å². The lowest BCUT2D eigenvalue weighted by molar-refractivity contribution is 0.0962. The molecule has 2 rings (SSSR count). The van der Waals surface area contributed by atoms with Crippen LogP contribution in [-0.4, -0.2) is 19.8 Å². The number of halogens is 2. The largest absolute Gasteiger partial charge is 0.378 e. The molecule has 1 fully saturated rings. The van der Waals surface area contributed by atoms with Gasteiger partial charge in [-0.3, -0.25) is 0 Å². The summed E-state index contributed by atoms with van der Waals surface area (Å²) in [7, 11) is 2.02. The maximum absolute atomic E-state index is 5.70. The minimum atomic E-state index is 0.314. The van der Waals surface area contributed by atoms with Crippen LogP contribution in [0.15, 0.2) is 21.1 Å². The van der Waals surface area contributed by atoms with E-state index >= 15 is 0 Å². The Labute approximate surface area is 126 Å². The Morgan fingerprint density at radius 2 is 2.06 bits per heavy atom. The van der Waals surface area contributed by atoms with E-state index in [1.54, 1.807) is 0 Å². The molecule has 0 bridgehead atoms. The van der Waals surface area contributed by atoms with Gasteiger partial charge in [0, 0.05) is 27.5 Å². The molecule has 1 aromatic rings. The molecule has 0 amide bonds. The molecule has 1 saturated heterocycles. The van der Waals surface area contributed by atoms with Crippen LogP contribution in [-0.2, 0) is 4.74 Å². The third-order valence-electron chi connectivity index (χ3n) is 3.79. The third-order valence-corrected chi connectivity index (χ3v) is 5.33. The number of aryl methyl sites for hydroxylation is 1. The molecule has 0 saturated carbocycles. The van der Waals surface area contributed by atoms with E-state index in [1.807, 2.05) is 7.05 Å². The van der Waals surface area contributed by atoms with Crippen LogP contribution in [0.3, 0.4) is 0 Å². The van der Waals surface area contributed by atoms with E-state index in [9.17, 15) is 0 Å². The minimum absolute atomic E-state index is 0.314. The van der Waals surface area contributed by atoms with Crippen molar-refractivity contribution in [3.63, 3.8) is 0 Å². The lowest BCUT2D eigenvalue weighted by atomic mass is 9.88. The lowest BCUT2D eigenvalue weighted by Crippen LogP contribution is -2.29. The summed E-state index contributed by atoms with van der Waals surface area (Å²) in [5, 5.41) is 3.45. The van der Waals surface area contributed by atoms with Crippen LogP contribution >= 0.6 is 31.9 Å². The Morgan fingerprint density at radius 1 is 1.33 bits per heavy atom. The van der Waals surface area contributed by atoms with Crippen LogP contribution in [0.1, 0.15) is 30.5 Å². The van der Waals surface area contributed by atoms with Crippen molar-refractivity contribution in [1.29, 1.82) is 0 Å². The lowest BCUT2D eigenvalue weighted by Gasteiger charge is -2.27. The average molecular weight is 377 g/mol. The fraction of sp³-hybridized carbons (Fsp3) is 0.571. The van der Waals surface area contributed by atoms with Crippen LogP contribution in [0.4, 0.5) is 0 Å². The van der Waals surface area contributed by atoms with Crippen LogP contribution in [0, 0.1) is 12.8 Å². The first kappa shape index (κ1) is 14.5. The predicted molar refractivity (Wildman–Crippen MR) is 81.9 cm³/mol. The zero-order chi connectivity index (χ0) is 13.3. The molecule has 1 N–H and O–H groups in total. The third kappa shape index (κ3) is 2.82. The van der Waals surface area contributed by atoms with Gasteiger partial charge in [0.1, 0.15) is 0 Å². The number of benzene rings is 1. The second-order valence-electron chi connectivity index (χ2n) is 4.92. The molecule has 0 spiro atoms. The van der Waals surface area contributed by atoms with Crippen LogP contribution in [0.2, 0.25) is 0 Å². The maximum atomic E-state index is 5.70. The molecular formula is C14H19Br2NO. The second-order valence-corrected chi connectivity index (χ2v) is 6.63. The number of hydrogen-bond donors (Lipinski definition) is 1. The zero-order valence-corrected chi connectivity index (χ0v) is 14.1. The number of ether oxygens (including phenoxy) is 1.